The topological polar surface area (TPSA) is 72.9 Å². The van der Waals surface area contributed by atoms with Crippen molar-refractivity contribution >= 4 is 17.7 Å². The molecule has 1 aromatic carbocycles. The van der Waals surface area contributed by atoms with Crippen molar-refractivity contribution in [1.82, 2.24) is 20.5 Å². The van der Waals surface area contributed by atoms with Crippen LogP contribution in [0.5, 0.6) is 0 Å². The van der Waals surface area contributed by atoms with Gasteiger partial charge < -0.3 is 20.4 Å². The highest BCUT2D eigenvalue weighted by Crippen LogP contribution is 2.13. The van der Waals surface area contributed by atoms with Crippen molar-refractivity contribution in [2.45, 2.75) is 19.8 Å². The van der Waals surface area contributed by atoms with Gasteiger partial charge >= 0.3 is 0 Å². The average molecular weight is 427 g/mol. The number of rotatable bonds is 8. The van der Waals surface area contributed by atoms with E-state index in [0.717, 1.165) is 37.4 Å². The van der Waals surface area contributed by atoms with E-state index in [2.05, 4.69) is 25.5 Å². The summed E-state index contributed by atoms with van der Waals surface area (Å²) in [4.78, 5) is 25.6. The van der Waals surface area contributed by atoms with E-state index in [1.807, 2.05) is 30.0 Å². The van der Waals surface area contributed by atoms with Gasteiger partial charge in [-0.2, -0.15) is 0 Å². The SMILES string of the molecule is CCNC(=NCCC(=O)N1CCN(c2ccccn2)CC1)NCCc1ccc(F)cc1. The molecule has 0 aliphatic carbocycles. The molecule has 0 bridgehead atoms. The molecule has 1 amide bonds. The predicted octanol–water partition coefficient (Wildman–Crippen LogP) is 2.06. The van der Waals surface area contributed by atoms with Crippen LogP contribution < -0.4 is 15.5 Å². The second-order valence-corrected chi connectivity index (χ2v) is 7.37. The number of piperazine rings is 1. The van der Waals surface area contributed by atoms with Crippen molar-refractivity contribution in [3.8, 4) is 0 Å². The number of pyridine rings is 1. The summed E-state index contributed by atoms with van der Waals surface area (Å²) in [6.07, 6.45) is 2.95. The molecule has 1 aromatic heterocycles. The standard InChI is InChI=1S/C23H31FN6O/c1-2-25-23(27-13-10-19-6-8-20(24)9-7-19)28-14-11-22(31)30-17-15-29(16-18-30)21-5-3-4-12-26-21/h3-9,12H,2,10-11,13-18H2,1H3,(H2,25,27,28). The van der Waals surface area contributed by atoms with Crippen LogP contribution in [0.25, 0.3) is 0 Å². The summed E-state index contributed by atoms with van der Waals surface area (Å²) >= 11 is 0. The number of aliphatic imine (C=N–C) groups is 1. The van der Waals surface area contributed by atoms with Gasteiger partial charge in [0, 0.05) is 51.9 Å². The molecule has 0 atom stereocenters. The van der Waals surface area contributed by atoms with Crippen LogP contribution in [0, 0.1) is 5.82 Å². The Kier molecular flexibility index (Phi) is 8.63. The monoisotopic (exact) mass is 426 g/mol. The molecule has 0 saturated carbocycles. The maximum Gasteiger partial charge on any atom is 0.224 e. The Morgan fingerprint density at radius 2 is 1.87 bits per heavy atom. The lowest BCUT2D eigenvalue weighted by Crippen LogP contribution is -2.49. The molecule has 31 heavy (non-hydrogen) atoms. The summed E-state index contributed by atoms with van der Waals surface area (Å²) in [6.45, 7) is 6.85. The molecule has 1 aliphatic heterocycles. The van der Waals surface area contributed by atoms with Crippen molar-refractivity contribution in [1.29, 1.82) is 0 Å². The van der Waals surface area contributed by atoms with Gasteiger partial charge in [0.2, 0.25) is 5.91 Å². The molecule has 2 aromatic rings. The highest BCUT2D eigenvalue weighted by molar-refractivity contribution is 5.81. The van der Waals surface area contributed by atoms with Crippen LogP contribution in [0.15, 0.2) is 53.7 Å². The van der Waals surface area contributed by atoms with Crippen LogP contribution in [0.3, 0.4) is 0 Å². The Morgan fingerprint density at radius 3 is 2.55 bits per heavy atom. The van der Waals surface area contributed by atoms with Crippen LogP contribution in [0.1, 0.15) is 18.9 Å². The van der Waals surface area contributed by atoms with E-state index in [4.69, 9.17) is 0 Å². The number of amides is 1. The first-order chi connectivity index (χ1) is 15.2. The zero-order valence-electron chi connectivity index (χ0n) is 18.1. The van der Waals surface area contributed by atoms with E-state index in [9.17, 15) is 9.18 Å². The fourth-order valence-corrected chi connectivity index (χ4v) is 3.47. The highest BCUT2D eigenvalue weighted by atomic mass is 19.1. The van der Waals surface area contributed by atoms with Gasteiger partial charge in [0.25, 0.3) is 0 Å². The fraction of sp³-hybridized carbons (Fsp3) is 0.435. The molecular formula is C23H31FN6O. The lowest BCUT2D eigenvalue weighted by molar-refractivity contribution is -0.131. The van der Waals surface area contributed by atoms with Crippen LogP contribution in [0.2, 0.25) is 0 Å². The van der Waals surface area contributed by atoms with Gasteiger partial charge in [-0.15, -0.1) is 0 Å². The number of carbonyl (C=O) groups is 1. The van der Waals surface area contributed by atoms with E-state index >= 15 is 0 Å². The summed E-state index contributed by atoms with van der Waals surface area (Å²) in [7, 11) is 0. The van der Waals surface area contributed by atoms with Crippen molar-refractivity contribution < 1.29 is 9.18 Å². The molecule has 2 heterocycles. The van der Waals surface area contributed by atoms with Crippen molar-refractivity contribution in [3.63, 3.8) is 0 Å². The van der Waals surface area contributed by atoms with Gasteiger partial charge in [0.1, 0.15) is 11.6 Å². The van der Waals surface area contributed by atoms with Crippen molar-refractivity contribution in [2.24, 2.45) is 4.99 Å². The van der Waals surface area contributed by atoms with Gasteiger partial charge in [0.05, 0.1) is 6.54 Å². The molecule has 0 unspecified atom stereocenters. The van der Waals surface area contributed by atoms with Crippen molar-refractivity contribution in [3.05, 3.63) is 60.0 Å². The maximum absolute atomic E-state index is 13.0. The minimum Gasteiger partial charge on any atom is -0.357 e. The molecule has 166 valence electrons. The smallest absolute Gasteiger partial charge is 0.224 e. The normalized spacial score (nSPS) is 14.5. The molecule has 3 rings (SSSR count). The van der Waals surface area contributed by atoms with Gasteiger partial charge in [0.15, 0.2) is 5.96 Å². The molecule has 0 spiro atoms. The molecule has 1 aliphatic rings. The largest absolute Gasteiger partial charge is 0.357 e. The van der Waals surface area contributed by atoms with Crippen molar-refractivity contribution in [2.75, 3.05) is 50.7 Å². The van der Waals surface area contributed by atoms with Gasteiger partial charge in [-0.25, -0.2) is 9.37 Å². The number of guanidine groups is 1. The second kappa shape index (κ2) is 11.9. The number of carbonyl (C=O) groups excluding carboxylic acids is 1. The average Bonchev–Trinajstić information content (AvgIpc) is 2.81. The third-order valence-corrected chi connectivity index (χ3v) is 5.16. The minimum atomic E-state index is -0.227. The highest BCUT2D eigenvalue weighted by Gasteiger charge is 2.21. The fourth-order valence-electron chi connectivity index (χ4n) is 3.47. The first kappa shape index (κ1) is 22.5. The third kappa shape index (κ3) is 7.24. The zero-order chi connectivity index (χ0) is 21.9. The van der Waals surface area contributed by atoms with Gasteiger partial charge in [-0.1, -0.05) is 18.2 Å². The number of nitrogens with zero attached hydrogens (tertiary/aromatic N) is 4. The molecule has 1 saturated heterocycles. The third-order valence-electron chi connectivity index (χ3n) is 5.16. The summed E-state index contributed by atoms with van der Waals surface area (Å²) in [5.74, 6) is 1.56. The second-order valence-electron chi connectivity index (χ2n) is 7.37. The number of nitrogens with one attached hydrogen (secondary N) is 2. The van der Waals surface area contributed by atoms with E-state index < -0.39 is 0 Å². The van der Waals surface area contributed by atoms with E-state index in [-0.39, 0.29) is 11.7 Å². The predicted molar refractivity (Wildman–Crippen MR) is 122 cm³/mol. The molecule has 1 fully saturated rings. The quantitative estimate of drug-likeness (QED) is 0.499. The number of benzene rings is 1. The Morgan fingerprint density at radius 1 is 1.10 bits per heavy atom. The van der Waals surface area contributed by atoms with Crippen LogP contribution in [-0.4, -0.2) is 67.6 Å². The van der Waals surface area contributed by atoms with E-state index in [1.165, 1.54) is 12.1 Å². The van der Waals surface area contributed by atoms with Gasteiger partial charge in [-0.05, 0) is 43.2 Å². The van der Waals surface area contributed by atoms with E-state index in [0.29, 0.717) is 38.6 Å². The Bertz CT molecular complexity index is 835. The number of anilines is 1. The molecule has 8 heteroatoms. The Balaban J connectivity index is 1.39. The summed E-state index contributed by atoms with van der Waals surface area (Å²) in [5.41, 5.74) is 1.06. The first-order valence-corrected chi connectivity index (χ1v) is 10.9. The van der Waals surface area contributed by atoms with E-state index in [1.54, 1.807) is 18.3 Å². The molecule has 2 N–H and O–H groups in total. The molecular weight excluding hydrogens is 395 g/mol. The minimum absolute atomic E-state index is 0.131. The number of hydrogen-bond donors (Lipinski definition) is 2. The Labute approximate surface area is 183 Å². The van der Waals surface area contributed by atoms with Crippen LogP contribution >= 0.6 is 0 Å². The van der Waals surface area contributed by atoms with Crippen LogP contribution in [0.4, 0.5) is 10.2 Å². The number of aromatic nitrogens is 1. The summed E-state index contributed by atoms with van der Waals surface area (Å²) < 4.78 is 13.0. The zero-order valence-corrected chi connectivity index (χ0v) is 18.1. The lowest BCUT2D eigenvalue weighted by Gasteiger charge is -2.35. The Hall–Kier alpha value is -3.16. The number of hydrogen-bond acceptors (Lipinski definition) is 4. The molecule has 0 radical (unpaired) electrons. The van der Waals surface area contributed by atoms with Gasteiger partial charge in [-0.3, -0.25) is 9.79 Å². The first-order valence-electron chi connectivity index (χ1n) is 10.9. The number of halogens is 1. The van der Waals surface area contributed by atoms with Crippen LogP contribution in [-0.2, 0) is 11.2 Å². The maximum atomic E-state index is 13.0. The summed E-state index contributed by atoms with van der Waals surface area (Å²) in [5, 5.41) is 6.46. The summed E-state index contributed by atoms with van der Waals surface area (Å²) in [6, 6.07) is 12.4. The lowest BCUT2D eigenvalue weighted by atomic mass is 10.1. The molecule has 7 nitrogen and oxygen atoms in total.